The van der Waals surface area contributed by atoms with Gasteiger partial charge in [0.05, 0.1) is 12.9 Å². The first-order valence-electron chi connectivity index (χ1n) is 8.70. The maximum atomic E-state index is 5.63. The highest BCUT2D eigenvalue weighted by Crippen LogP contribution is 2.23. The number of imidazole rings is 1. The highest BCUT2D eigenvalue weighted by molar-refractivity contribution is 5.85. The molecule has 3 aromatic heterocycles. The molecule has 3 heterocycles. The maximum absolute atomic E-state index is 5.63. The molecular formula is C18H20N6O2. The van der Waals surface area contributed by atoms with E-state index in [0.29, 0.717) is 42.8 Å². The van der Waals surface area contributed by atoms with E-state index in [-0.39, 0.29) is 0 Å². The van der Waals surface area contributed by atoms with E-state index in [1.165, 1.54) is 0 Å². The van der Waals surface area contributed by atoms with Crippen LogP contribution in [0.25, 0.3) is 28.2 Å². The van der Waals surface area contributed by atoms with E-state index in [0.717, 1.165) is 23.3 Å². The minimum absolute atomic E-state index is 0.350. The Hall–Kier alpha value is -3.00. The fourth-order valence-corrected chi connectivity index (χ4v) is 2.69. The SMILES string of the molecule is CCCOc1ccc(-c2nc3c4[nH]cnc4nc(COCC)n3n2)cc1. The average Bonchev–Trinajstić information content (AvgIpc) is 3.31. The quantitative estimate of drug-likeness (QED) is 0.550. The largest absolute Gasteiger partial charge is 0.494 e. The van der Waals surface area contributed by atoms with Crippen molar-refractivity contribution in [3.8, 4) is 17.1 Å². The Kier molecular flexibility index (Phi) is 4.49. The molecule has 0 atom stereocenters. The third kappa shape index (κ3) is 2.99. The number of benzene rings is 1. The summed E-state index contributed by atoms with van der Waals surface area (Å²) < 4.78 is 12.9. The number of aromatic nitrogens is 6. The van der Waals surface area contributed by atoms with E-state index in [2.05, 4.69) is 32.0 Å². The predicted molar refractivity (Wildman–Crippen MR) is 97.0 cm³/mol. The summed E-state index contributed by atoms with van der Waals surface area (Å²) in [6.07, 6.45) is 2.59. The van der Waals surface area contributed by atoms with Crippen molar-refractivity contribution in [2.24, 2.45) is 0 Å². The molecule has 0 saturated heterocycles. The van der Waals surface area contributed by atoms with Crippen molar-refractivity contribution in [1.29, 1.82) is 0 Å². The molecule has 134 valence electrons. The predicted octanol–water partition coefficient (Wildman–Crippen LogP) is 2.99. The van der Waals surface area contributed by atoms with Gasteiger partial charge in [-0.25, -0.2) is 15.0 Å². The zero-order chi connectivity index (χ0) is 17.9. The van der Waals surface area contributed by atoms with Crippen LogP contribution in [0.15, 0.2) is 30.6 Å². The standard InChI is InChI=1S/C18H20N6O2/c1-3-9-26-13-7-5-12(6-8-13)16-22-18-15-17(20-11-19-15)21-14(10-25-4-2)24(18)23-16/h5-8,11H,3-4,9-10H2,1-2H3,(H,19,20). The molecule has 0 bridgehead atoms. The van der Waals surface area contributed by atoms with Crippen LogP contribution in [-0.4, -0.2) is 42.8 Å². The molecule has 1 N–H and O–H groups in total. The van der Waals surface area contributed by atoms with Gasteiger partial charge in [0.25, 0.3) is 0 Å². The second-order valence-corrected chi connectivity index (χ2v) is 5.81. The van der Waals surface area contributed by atoms with Crippen LogP contribution < -0.4 is 4.74 Å². The van der Waals surface area contributed by atoms with Crippen LogP contribution in [0.3, 0.4) is 0 Å². The third-order valence-electron chi connectivity index (χ3n) is 3.95. The van der Waals surface area contributed by atoms with E-state index in [1.54, 1.807) is 10.8 Å². The number of nitrogens with zero attached hydrogens (tertiary/aromatic N) is 5. The molecule has 0 saturated carbocycles. The summed E-state index contributed by atoms with van der Waals surface area (Å²) in [4.78, 5) is 16.5. The molecule has 1 aromatic carbocycles. The lowest BCUT2D eigenvalue weighted by atomic mass is 10.2. The molecule has 0 aliphatic heterocycles. The smallest absolute Gasteiger partial charge is 0.185 e. The molecular weight excluding hydrogens is 332 g/mol. The molecule has 8 heteroatoms. The van der Waals surface area contributed by atoms with Gasteiger partial charge in [-0.3, -0.25) is 0 Å². The number of rotatable bonds is 7. The van der Waals surface area contributed by atoms with E-state index in [4.69, 9.17) is 9.47 Å². The van der Waals surface area contributed by atoms with Gasteiger partial charge in [0.1, 0.15) is 17.9 Å². The van der Waals surface area contributed by atoms with Crippen LogP contribution >= 0.6 is 0 Å². The van der Waals surface area contributed by atoms with E-state index in [1.807, 2.05) is 31.2 Å². The average molecular weight is 352 g/mol. The van der Waals surface area contributed by atoms with Crippen LogP contribution in [0, 0.1) is 0 Å². The number of ether oxygens (including phenoxy) is 2. The Morgan fingerprint density at radius 2 is 1.96 bits per heavy atom. The summed E-state index contributed by atoms with van der Waals surface area (Å²) in [7, 11) is 0. The number of hydrogen-bond donors (Lipinski definition) is 1. The molecule has 0 amide bonds. The van der Waals surface area contributed by atoms with Gasteiger partial charge in [0.15, 0.2) is 22.9 Å². The Labute approximate surface area is 150 Å². The molecule has 26 heavy (non-hydrogen) atoms. The maximum Gasteiger partial charge on any atom is 0.185 e. The van der Waals surface area contributed by atoms with Gasteiger partial charge in [-0.15, -0.1) is 5.10 Å². The van der Waals surface area contributed by atoms with Gasteiger partial charge in [-0.2, -0.15) is 4.52 Å². The summed E-state index contributed by atoms with van der Waals surface area (Å²) in [5.41, 5.74) is 2.96. The minimum Gasteiger partial charge on any atom is -0.494 e. The number of nitrogens with one attached hydrogen (secondary N) is 1. The second kappa shape index (κ2) is 7.09. The van der Waals surface area contributed by atoms with Crippen LogP contribution in [0.1, 0.15) is 26.1 Å². The van der Waals surface area contributed by atoms with E-state index < -0.39 is 0 Å². The van der Waals surface area contributed by atoms with Crippen LogP contribution in [0.4, 0.5) is 0 Å². The molecule has 0 spiro atoms. The molecule has 0 unspecified atom stereocenters. The van der Waals surface area contributed by atoms with Crippen molar-refractivity contribution in [2.45, 2.75) is 26.9 Å². The van der Waals surface area contributed by atoms with Crippen LogP contribution in [-0.2, 0) is 11.3 Å². The summed E-state index contributed by atoms with van der Waals surface area (Å²) in [5.74, 6) is 2.13. The molecule has 0 fully saturated rings. The lowest BCUT2D eigenvalue weighted by Gasteiger charge is -2.04. The molecule has 0 aliphatic carbocycles. The van der Waals surface area contributed by atoms with Crippen LogP contribution in [0.2, 0.25) is 0 Å². The highest BCUT2D eigenvalue weighted by atomic mass is 16.5. The van der Waals surface area contributed by atoms with Crippen molar-refractivity contribution in [3.05, 3.63) is 36.4 Å². The number of hydrogen-bond acceptors (Lipinski definition) is 6. The van der Waals surface area contributed by atoms with Crippen LogP contribution in [0.5, 0.6) is 5.75 Å². The highest BCUT2D eigenvalue weighted by Gasteiger charge is 2.16. The molecule has 4 rings (SSSR count). The zero-order valence-corrected chi connectivity index (χ0v) is 14.8. The number of aromatic amines is 1. The van der Waals surface area contributed by atoms with Gasteiger partial charge in [0, 0.05) is 12.2 Å². The minimum atomic E-state index is 0.350. The zero-order valence-electron chi connectivity index (χ0n) is 14.8. The van der Waals surface area contributed by atoms with Crippen molar-refractivity contribution >= 4 is 16.8 Å². The topological polar surface area (TPSA) is 90.2 Å². The van der Waals surface area contributed by atoms with Crippen molar-refractivity contribution < 1.29 is 9.47 Å². The summed E-state index contributed by atoms with van der Waals surface area (Å²) in [6.45, 7) is 5.68. The van der Waals surface area contributed by atoms with Crippen molar-refractivity contribution in [2.75, 3.05) is 13.2 Å². The Morgan fingerprint density at radius 1 is 1.12 bits per heavy atom. The molecule has 0 aliphatic rings. The van der Waals surface area contributed by atoms with E-state index >= 15 is 0 Å². The van der Waals surface area contributed by atoms with Gasteiger partial charge < -0.3 is 14.5 Å². The fourth-order valence-electron chi connectivity index (χ4n) is 2.69. The monoisotopic (exact) mass is 352 g/mol. The number of fused-ring (bicyclic) bond motifs is 3. The normalized spacial score (nSPS) is 11.5. The van der Waals surface area contributed by atoms with Gasteiger partial charge in [0.2, 0.25) is 0 Å². The lowest BCUT2D eigenvalue weighted by Crippen LogP contribution is -2.05. The summed E-state index contributed by atoms with van der Waals surface area (Å²) in [5, 5.41) is 4.63. The first-order chi connectivity index (χ1) is 12.8. The van der Waals surface area contributed by atoms with Gasteiger partial charge >= 0.3 is 0 Å². The Morgan fingerprint density at radius 3 is 2.73 bits per heavy atom. The Bertz CT molecular complexity index is 1020. The van der Waals surface area contributed by atoms with E-state index in [9.17, 15) is 0 Å². The fraction of sp³-hybridized carbons (Fsp3) is 0.333. The molecule has 8 nitrogen and oxygen atoms in total. The van der Waals surface area contributed by atoms with Crippen molar-refractivity contribution in [1.82, 2.24) is 29.5 Å². The van der Waals surface area contributed by atoms with Gasteiger partial charge in [-0.05, 0) is 37.6 Å². The first kappa shape index (κ1) is 16.5. The van der Waals surface area contributed by atoms with Crippen molar-refractivity contribution in [3.63, 3.8) is 0 Å². The van der Waals surface area contributed by atoms with Gasteiger partial charge in [-0.1, -0.05) is 6.92 Å². The summed E-state index contributed by atoms with van der Waals surface area (Å²) >= 11 is 0. The Balaban J connectivity index is 1.76. The lowest BCUT2D eigenvalue weighted by molar-refractivity contribution is 0.127. The second-order valence-electron chi connectivity index (χ2n) is 5.81. The molecule has 4 aromatic rings. The number of H-pyrrole nitrogens is 1. The third-order valence-corrected chi connectivity index (χ3v) is 3.95. The molecule has 0 radical (unpaired) electrons. The first-order valence-corrected chi connectivity index (χ1v) is 8.70. The summed E-state index contributed by atoms with van der Waals surface area (Å²) in [6, 6.07) is 7.78.